The van der Waals surface area contributed by atoms with Crippen LogP contribution >= 0.6 is 0 Å². The van der Waals surface area contributed by atoms with Gasteiger partial charge in [0.25, 0.3) is 0 Å². The van der Waals surface area contributed by atoms with Gasteiger partial charge in [0.05, 0.1) is 0 Å². The summed E-state index contributed by atoms with van der Waals surface area (Å²) in [6, 6.07) is 10.1. The van der Waals surface area contributed by atoms with Crippen LogP contribution in [0, 0.1) is 0 Å². The number of hydrogen-bond donors (Lipinski definition) is 1. The molecule has 0 amide bonds. The van der Waals surface area contributed by atoms with Gasteiger partial charge < -0.3 is 5.32 Å². The van der Waals surface area contributed by atoms with Gasteiger partial charge in [0.15, 0.2) is 0 Å². The molecule has 1 aromatic rings. The zero-order chi connectivity index (χ0) is 12.2. The highest BCUT2D eigenvalue weighted by Crippen LogP contribution is 2.31. The minimum absolute atomic E-state index is 0.579. The number of aryl methyl sites for hydroxylation is 1. The van der Waals surface area contributed by atoms with Gasteiger partial charge in [-0.3, -0.25) is 0 Å². The Morgan fingerprint density at radius 2 is 1.94 bits per heavy atom. The molecule has 1 aromatic carbocycles. The summed E-state index contributed by atoms with van der Waals surface area (Å²) in [5.41, 5.74) is 3.08. The Morgan fingerprint density at radius 3 is 2.94 bits per heavy atom. The minimum Gasteiger partial charge on any atom is -0.304 e. The van der Waals surface area contributed by atoms with Crippen LogP contribution in [0.4, 0.5) is 0 Å². The number of nitrogens with one attached hydrogen (secondary N) is 1. The maximum atomic E-state index is 3.85. The molecule has 0 aliphatic heterocycles. The largest absolute Gasteiger partial charge is 0.304 e. The van der Waals surface area contributed by atoms with E-state index in [1.165, 1.54) is 50.5 Å². The van der Waals surface area contributed by atoms with Gasteiger partial charge in [-0.25, -0.2) is 0 Å². The lowest BCUT2D eigenvalue weighted by molar-refractivity contribution is 0.441. The SMILES string of the molecule is C1=C/C(NC2CCc3ccccc32)CCCCC/1. The molecule has 2 unspecified atom stereocenters. The van der Waals surface area contributed by atoms with E-state index in [-0.39, 0.29) is 0 Å². The summed E-state index contributed by atoms with van der Waals surface area (Å²) in [7, 11) is 0. The molecule has 1 N–H and O–H groups in total. The van der Waals surface area contributed by atoms with Crippen molar-refractivity contribution in [1.29, 1.82) is 0 Å². The second-order valence-electron chi connectivity index (χ2n) is 5.63. The molecule has 1 nitrogen and oxygen atoms in total. The Balaban J connectivity index is 1.68. The summed E-state index contributed by atoms with van der Waals surface area (Å²) in [4.78, 5) is 0. The van der Waals surface area contributed by atoms with E-state index in [0.717, 1.165) is 0 Å². The van der Waals surface area contributed by atoms with Crippen LogP contribution in [-0.4, -0.2) is 6.04 Å². The Hall–Kier alpha value is -1.08. The first-order chi connectivity index (χ1) is 8.93. The van der Waals surface area contributed by atoms with E-state index in [2.05, 4.69) is 41.7 Å². The highest BCUT2D eigenvalue weighted by atomic mass is 15.0. The maximum absolute atomic E-state index is 3.85. The molecule has 2 aliphatic carbocycles. The summed E-state index contributed by atoms with van der Waals surface area (Å²) in [6.07, 6.45) is 14.0. The van der Waals surface area contributed by atoms with Crippen molar-refractivity contribution < 1.29 is 0 Å². The lowest BCUT2D eigenvalue weighted by Gasteiger charge is -2.22. The Morgan fingerprint density at radius 1 is 1.00 bits per heavy atom. The zero-order valence-corrected chi connectivity index (χ0v) is 11.1. The molecule has 0 radical (unpaired) electrons. The summed E-state index contributed by atoms with van der Waals surface area (Å²) in [6.45, 7) is 0. The van der Waals surface area contributed by atoms with Crippen LogP contribution < -0.4 is 5.32 Å². The van der Waals surface area contributed by atoms with Crippen molar-refractivity contribution in [2.24, 2.45) is 0 Å². The van der Waals surface area contributed by atoms with Crippen LogP contribution in [-0.2, 0) is 6.42 Å². The van der Waals surface area contributed by atoms with E-state index in [1.807, 2.05) is 0 Å². The minimum atomic E-state index is 0.579. The average molecular weight is 241 g/mol. The number of hydrogen-bond acceptors (Lipinski definition) is 1. The van der Waals surface area contributed by atoms with Crippen LogP contribution in [0.1, 0.15) is 55.7 Å². The van der Waals surface area contributed by atoms with Crippen molar-refractivity contribution >= 4 is 0 Å². The normalized spacial score (nSPS) is 29.3. The first kappa shape index (κ1) is 12.0. The molecule has 18 heavy (non-hydrogen) atoms. The second-order valence-corrected chi connectivity index (χ2v) is 5.63. The summed E-state index contributed by atoms with van der Waals surface area (Å²) < 4.78 is 0. The van der Waals surface area contributed by atoms with Crippen molar-refractivity contribution in [2.75, 3.05) is 0 Å². The molecule has 1 heteroatoms. The standard InChI is InChI=1S/C17H23N/c1-2-4-9-15(10-5-3-1)18-17-13-12-14-8-6-7-11-16(14)17/h4,6-9,11,15,17-18H,1-3,5,10,12-13H2/b9-4+. The lowest BCUT2D eigenvalue weighted by atomic mass is 10.0. The molecular weight excluding hydrogens is 218 g/mol. The third-order valence-electron chi connectivity index (χ3n) is 4.30. The third-order valence-corrected chi connectivity index (χ3v) is 4.30. The molecule has 0 saturated heterocycles. The van der Waals surface area contributed by atoms with Crippen molar-refractivity contribution in [3.63, 3.8) is 0 Å². The monoisotopic (exact) mass is 241 g/mol. The number of fused-ring (bicyclic) bond motifs is 1. The molecule has 0 saturated carbocycles. The van der Waals surface area contributed by atoms with Crippen LogP contribution in [0.25, 0.3) is 0 Å². The predicted molar refractivity (Wildman–Crippen MR) is 76.7 cm³/mol. The van der Waals surface area contributed by atoms with Gasteiger partial charge in [-0.2, -0.15) is 0 Å². The van der Waals surface area contributed by atoms with Crippen LogP contribution in [0.15, 0.2) is 36.4 Å². The van der Waals surface area contributed by atoms with Crippen LogP contribution in [0.2, 0.25) is 0 Å². The van der Waals surface area contributed by atoms with Crippen molar-refractivity contribution in [3.8, 4) is 0 Å². The second kappa shape index (κ2) is 5.71. The molecule has 2 aliphatic rings. The number of rotatable bonds is 2. The van der Waals surface area contributed by atoms with E-state index in [0.29, 0.717) is 12.1 Å². The highest BCUT2D eigenvalue weighted by molar-refractivity contribution is 5.34. The first-order valence-corrected chi connectivity index (χ1v) is 7.44. The Bertz CT molecular complexity index is 421. The molecule has 2 atom stereocenters. The van der Waals surface area contributed by atoms with E-state index in [1.54, 1.807) is 5.56 Å². The topological polar surface area (TPSA) is 12.0 Å². The molecule has 0 bridgehead atoms. The van der Waals surface area contributed by atoms with E-state index < -0.39 is 0 Å². The lowest BCUT2D eigenvalue weighted by Crippen LogP contribution is -2.30. The van der Waals surface area contributed by atoms with Gasteiger partial charge >= 0.3 is 0 Å². The van der Waals surface area contributed by atoms with Gasteiger partial charge in [-0.05, 0) is 43.2 Å². The van der Waals surface area contributed by atoms with E-state index in [9.17, 15) is 0 Å². The fourth-order valence-corrected chi connectivity index (χ4v) is 3.29. The molecule has 0 spiro atoms. The van der Waals surface area contributed by atoms with E-state index in [4.69, 9.17) is 0 Å². The van der Waals surface area contributed by atoms with Crippen molar-refractivity contribution in [3.05, 3.63) is 47.5 Å². The summed E-state index contributed by atoms with van der Waals surface area (Å²) in [5.74, 6) is 0. The van der Waals surface area contributed by atoms with Gasteiger partial charge in [0.1, 0.15) is 0 Å². The molecule has 0 aromatic heterocycles. The molecule has 0 fully saturated rings. The van der Waals surface area contributed by atoms with Gasteiger partial charge in [-0.15, -0.1) is 0 Å². The summed E-state index contributed by atoms with van der Waals surface area (Å²) in [5, 5.41) is 3.85. The fourth-order valence-electron chi connectivity index (χ4n) is 3.29. The molecular formula is C17H23N. The molecule has 96 valence electrons. The van der Waals surface area contributed by atoms with Gasteiger partial charge in [0.2, 0.25) is 0 Å². The number of allylic oxidation sites excluding steroid dienone is 1. The van der Waals surface area contributed by atoms with Crippen molar-refractivity contribution in [1.82, 2.24) is 5.32 Å². The first-order valence-electron chi connectivity index (χ1n) is 7.44. The van der Waals surface area contributed by atoms with Gasteiger partial charge in [0, 0.05) is 12.1 Å². The smallest absolute Gasteiger partial charge is 0.0331 e. The van der Waals surface area contributed by atoms with Crippen LogP contribution in [0.5, 0.6) is 0 Å². The fraction of sp³-hybridized carbons (Fsp3) is 0.529. The van der Waals surface area contributed by atoms with Gasteiger partial charge in [-0.1, -0.05) is 49.3 Å². The predicted octanol–water partition coefficient (Wildman–Crippen LogP) is 4.15. The number of benzene rings is 1. The van der Waals surface area contributed by atoms with Crippen molar-refractivity contribution in [2.45, 2.75) is 57.0 Å². The quantitative estimate of drug-likeness (QED) is 0.767. The maximum Gasteiger partial charge on any atom is 0.0331 e. The Kier molecular flexibility index (Phi) is 3.80. The molecule has 3 rings (SSSR count). The third kappa shape index (κ3) is 2.67. The average Bonchev–Trinajstić information content (AvgIpc) is 2.76. The summed E-state index contributed by atoms with van der Waals surface area (Å²) >= 11 is 0. The molecule has 0 heterocycles. The van der Waals surface area contributed by atoms with Crippen LogP contribution in [0.3, 0.4) is 0 Å². The highest BCUT2D eigenvalue weighted by Gasteiger charge is 2.23. The zero-order valence-electron chi connectivity index (χ0n) is 11.1. The Labute approximate surface area is 110 Å². The van der Waals surface area contributed by atoms with E-state index >= 15 is 0 Å².